The van der Waals surface area contributed by atoms with Crippen LogP contribution < -0.4 is 15.2 Å². The number of ether oxygens (including phenoxy) is 2. The number of hydrogen-bond acceptors (Lipinski definition) is 6. The molecule has 0 amide bonds. The molecule has 3 atom stereocenters. The van der Waals surface area contributed by atoms with E-state index in [1.54, 1.807) is 42.5 Å². The second-order valence-corrected chi connectivity index (χ2v) is 8.53. The smallest absolute Gasteiger partial charge is 0.231 e. The number of hydrogen-bond donors (Lipinski definition) is 2. The molecule has 1 fully saturated rings. The molecular formula is C18H19NO5S. The molecule has 7 heteroatoms. The van der Waals surface area contributed by atoms with Crippen molar-refractivity contribution in [1.82, 2.24) is 0 Å². The summed E-state index contributed by atoms with van der Waals surface area (Å²) < 4.78 is 36.9. The number of aliphatic hydroxyl groups is 1. The molecular weight excluding hydrogens is 342 g/mol. The third-order valence-corrected chi connectivity index (χ3v) is 7.56. The Labute approximate surface area is 146 Å². The van der Waals surface area contributed by atoms with Gasteiger partial charge >= 0.3 is 0 Å². The van der Waals surface area contributed by atoms with Crippen LogP contribution in [0.5, 0.6) is 11.5 Å². The summed E-state index contributed by atoms with van der Waals surface area (Å²) >= 11 is 0. The first-order valence-corrected chi connectivity index (χ1v) is 9.58. The zero-order valence-electron chi connectivity index (χ0n) is 13.5. The number of benzene rings is 2. The van der Waals surface area contributed by atoms with E-state index in [-0.39, 0.29) is 30.8 Å². The lowest BCUT2D eigenvalue weighted by Gasteiger charge is -2.12. The normalized spacial score (nSPS) is 27.3. The predicted molar refractivity (Wildman–Crippen MR) is 91.3 cm³/mol. The monoisotopic (exact) mass is 361 g/mol. The third kappa shape index (κ3) is 2.34. The molecule has 132 valence electrons. The van der Waals surface area contributed by atoms with Crippen LogP contribution in [0.2, 0.25) is 0 Å². The zero-order chi connectivity index (χ0) is 17.7. The van der Waals surface area contributed by atoms with E-state index < -0.39 is 20.5 Å². The number of aliphatic hydroxyl groups excluding tert-OH is 1. The molecule has 0 unspecified atom stereocenters. The van der Waals surface area contributed by atoms with Gasteiger partial charge < -0.3 is 20.3 Å². The molecule has 0 radical (unpaired) electrons. The molecule has 4 rings (SSSR count). The van der Waals surface area contributed by atoms with Gasteiger partial charge in [0.1, 0.15) is 0 Å². The predicted octanol–water partition coefficient (Wildman–Crippen LogP) is 1.29. The number of sulfone groups is 1. The van der Waals surface area contributed by atoms with E-state index in [2.05, 4.69) is 0 Å². The van der Waals surface area contributed by atoms with Crippen molar-refractivity contribution in [3.05, 3.63) is 54.1 Å². The van der Waals surface area contributed by atoms with Crippen LogP contribution in [0.4, 0.5) is 0 Å². The van der Waals surface area contributed by atoms with Crippen molar-refractivity contribution < 1.29 is 23.0 Å². The van der Waals surface area contributed by atoms with E-state index in [0.717, 1.165) is 5.56 Å². The van der Waals surface area contributed by atoms with Crippen LogP contribution in [0.15, 0.2) is 53.4 Å². The second-order valence-electron chi connectivity index (χ2n) is 6.46. The molecule has 1 saturated carbocycles. The Kier molecular flexibility index (Phi) is 3.75. The molecule has 0 spiro atoms. The molecule has 1 heterocycles. The number of fused-ring (bicyclic) bond motifs is 1. The zero-order valence-corrected chi connectivity index (χ0v) is 14.3. The first-order chi connectivity index (χ1) is 12.0. The first kappa shape index (κ1) is 16.4. The van der Waals surface area contributed by atoms with Gasteiger partial charge in [-0.3, -0.25) is 0 Å². The lowest BCUT2D eigenvalue weighted by Crippen LogP contribution is -2.27. The largest absolute Gasteiger partial charge is 0.454 e. The molecule has 0 aromatic heterocycles. The van der Waals surface area contributed by atoms with Crippen LogP contribution in [0, 0.1) is 5.41 Å². The standard InChI is InChI=1S/C18H19NO5S/c19-9-18(10-20)16(12-6-7-14-15(8-12)24-11-23-14)17(18)25(21,22)13-4-2-1-3-5-13/h1-8,16-17,20H,9-11,19H2/t16-,17-,18+/m1/s1. The van der Waals surface area contributed by atoms with Gasteiger partial charge in [0, 0.05) is 17.9 Å². The highest BCUT2D eigenvalue weighted by atomic mass is 32.2. The fraction of sp³-hybridized carbons (Fsp3) is 0.333. The highest BCUT2D eigenvalue weighted by Gasteiger charge is 2.70. The summed E-state index contributed by atoms with van der Waals surface area (Å²) in [4.78, 5) is 0.245. The molecule has 0 saturated heterocycles. The van der Waals surface area contributed by atoms with Gasteiger partial charge in [-0.1, -0.05) is 24.3 Å². The SMILES string of the molecule is NC[C@]1(CO)[C@H](c2ccc3c(c2)OCO3)[C@H]1S(=O)(=O)c1ccccc1. The Morgan fingerprint density at radius 2 is 1.84 bits per heavy atom. The Hall–Kier alpha value is -2.09. The van der Waals surface area contributed by atoms with Crippen molar-refractivity contribution >= 4 is 9.84 Å². The fourth-order valence-electron chi connectivity index (χ4n) is 3.81. The summed E-state index contributed by atoms with van der Waals surface area (Å²) in [7, 11) is -3.62. The highest BCUT2D eigenvalue weighted by Crippen LogP contribution is 2.63. The van der Waals surface area contributed by atoms with Gasteiger partial charge in [-0.2, -0.15) is 0 Å². The van der Waals surface area contributed by atoms with Gasteiger partial charge in [0.15, 0.2) is 21.3 Å². The average molecular weight is 361 g/mol. The van der Waals surface area contributed by atoms with Gasteiger partial charge in [0.05, 0.1) is 16.8 Å². The van der Waals surface area contributed by atoms with E-state index in [9.17, 15) is 13.5 Å². The molecule has 25 heavy (non-hydrogen) atoms. The molecule has 2 aromatic carbocycles. The van der Waals surface area contributed by atoms with Gasteiger partial charge in [-0.25, -0.2) is 8.42 Å². The molecule has 3 N–H and O–H groups in total. The quantitative estimate of drug-likeness (QED) is 0.833. The maximum absolute atomic E-state index is 13.1. The van der Waals surface area contributed by atoms with E-state index in [0.29, 0.717) is 11.5 Å². The van der Waals surface area contributed by atoms with E-state index in [1.807, 2.05) is 6.07 Å². The van der Waals surface area contributed by atoms with Crippen LogP contribution in [-0.2, 0) is 9.84 Å². The Balaban J connectivity index is 1.77. The summed E-state index contributed by atoms with van der Waals surface area (Å²) in [6.07, 6.45) is 0. The van der Waals surface area contributed by atoms with Gasteiger partial charge in [0.2, 0.25) is 6.79 Å². The van der Waals surface area contributed by atoms with Crippen molar-refractivity contribution in [3.8, 4) is 11.5 Å². The molecule has 1 aliphatic heterocycles. The van der Waals surface area contributed by atoms with E-state index in [4.69, 9.17) is 15.2 Å². The minimum Gasteiger partial charge on any atom is -0.454 e. The van der Waals surface area contributed by atoms with Crippen molar-refractivity contribution in [2.24, 2.45) is 11.1 Å². The van der Waals surface area contributed by atoms with Crippen LogP contribution in [0.1, 0.15) is 11.5 Å². The Bertz CT molecular complexity index is 893. The minimum atomic E-state index is -3.62. The number of nitrogens with two attached hydrogens (primary N) is 1. The fourth-order valence-corrected chi connectivity index (χ4v) is 6.28. The van der Waals surface area contributed by atoms with Crippen molar-refractivity contribution in [1.29, 1.82) is 0 Å². The third-order valence-electron chi connectivity index (χ3n) is 5.22. The van der Waals surface area contributed by atoms with E-state index in [1.165, 1.54) is 0 Å². The minimum absolute atomic E-state index is 0.0827. The van der Waals surface area contributed by atoms with Gasteiger partial charge in [0.25, 0.3) is 0 Å². The molecule has 6 nitrogen and oxygen atoms in total. The molecule has 1 aliphatic carbocycles. The molecule has 2 aromatic rings. The van der Waals surface area contributed by atoms with Crippen molar-refractivity contribution in [2.45, 2.75) is 16.1 Å². The van der Waals surface area contributed by atoms with E-state index >= 15 is 0 Å². The summed E-state index contributed by atoms with van der Waals surface area (Å²) in [5, 5.41) is 9.20. The lowest BCUT2D eigenvalue weighted by molar-refractivity contribution is 0.174. The summed E-state index contributed by atoms with van der Waals surface area (Å²) in [6, 6.07) is 13.7. The maximum atomic E-state index is 13.1. The molecule has 0 bridgehead atoms. The Morgan fingerprint density at radius 3 is 2.52 bits per heavy atom. The van der Waals surface area contributed by atoms with Crippen molar-refractivity contribution in [3.63, 3.8) is 0 Å². The Morgan fingerprint density at radius 1 is 1.12 bits per heavy atom. The van der Waals surface area contributed by atoms with Crippen molar-refractivity contribution in [2.75, 3.05) is 19.9 Å². The van der Waals surface area contributed by atoms with Gasteiger partial charge in [-0.15, -0.1) is 0 Å². The van der Waals surface area contributed by atoms with Gasteiger partial charge in [-0.05, 0) is 29.8 Å². The molecule has 2 aliphatic rings. The first-order valence-electron chi connectivity index (χ1n) is 8.04. The van der Waals surface area contributed by atoms with Crippen LogP contribution in [-0.4, -0.2) is 38.7 Å². The summed E-state index contributed by atoms with van der Waals surface area (Å²) in [5.74, 6) is 0.834. The maximum Gasteiger partial charge on any atom is 0.231 e. The summed E-state index contributed by atoms with van der Waals surface area (Å²) in [5.41, 5.74) is 5.80. The number of rotatable bonds is 5. The highest BCUT2D eigenvalue weighted by molar-refractivity contribution is 7.92. The topological polar surface area (TPSA) is 98.8 Å². The average Bonchev–Trinajstić information content (AvgIpc) is 3.12. The van der Waals surface area contributed by atoms with Crippen LogP contribution in [0.3, 0.4) is 0 Å². The summed E-state index contributed by atoms with van der Waals surface area (Å²) in [6.45, 7) is -0.0596. The van der Waals surface area contributed by atoms with Crippen LogP contribution >= 0.6 is 0 Å². The van der Waals surface area contributed by atoms with Crippen LogP contribution in [0.25, 0.3) is 0 Å². The second kappa shape index (κ2) is 5.72. The lowest BCUT2D eigenvalue weighted by atomic mass is 10.00.